The van der Waals surface area contributed by atoms with Crippen LogP contribution in [-0.2, 0) is 9.63 Å². The molecule has 0 saturated heterocycles. The lowest BCUT2D eigenvalue weighted by atomic mass is 10.0. The fourth-order valence-corrected chi connectivity index (χ4v) is 1.91. The van der Waals surface area contributed by atoms with Crippen molar-refractivity contribution in [2.24, 2.45) is 0 Å². The number of alkyl halides is 3. The Hall–Kier alpha value is -2.34. The maximum atomic E-state index is 13.2. The molecule has 0 heterocycles. The summed E-state index contributed by atoms with van der Waals surface area (Å²) in [6.45, 7) is 4.66. The normalized spacial score (nSPS) is 12.9. The van der Waals surface area contributed by atoms with E-state index in [2.05, 4.69) is 11.4 Å². The Morgan fingerprint density at radius 2 is 1.82 bits per heavy atom. The van der Waals surface area contributed by atoms with Crippen LogP contribution >= 0.6 is 0 Å². The third-order valence-corrected chi connectivity index (χ3v) is 3.05. The molecule has 0 saturated carbocycles. The van der Waals surface area contributed by atoms with E-state index in [1.807, 2.05) is 0 Å². The molecule has 6 heteroatoms. The van der Waals surface area contributed by atoms with E-state index in [-0.39, 0.29) is 11.1 Å². The van der Waals surface area contributed by atoms with Crippen molar-refractivity contribution >= 4 is 16.7 Å². The predicted molar refractivity (Wildman–Crippen MR) is 76.8 cm³/mol. The number of hydroxylamine groups is 1. The summed E-state index contributed by atoms with van der Waals surface area (Å²) in [6, 6.07) is 9.30. The Balaban J connectivity index is 2.31. The van der Waals surface area contributed by atoms with Gasteiger partial charge in [0.1, 0.15) is 0 Å². The van der Waals surface area contributed by atoms with Crippen LogP contribution < -0.4 is 5.48 Å². The van der Waals surface area contributed by atoms with Gasteiger partial charge in [-0.15, -0.1) is 5.48 Å². The van der Waals surface area contributed by atoms with Crippen molar-refractivity contribution in [2.45, 2.75) is 19.1 Å². The average Bonchev–Trinajstić information content (AvgIpc) is 2.45. The monoisotopic (exact) mass is 309 g/mol. The van der Waals surface area contributed by atoms with Crippen LogP contribution in [0.15, 0.2) is 54.6 Å². The van der Waals surface area contributed by atoms with Crippen molar-refractivity contribution in [3.63, 3.8) is 0 Å². The van der Waals surface area contributed by atoms with Crippen molar-refractivity contribution in [1.29, 1.82) is 0 Å². The Labute approximate surface area is 125 Å². The van der Waals surface area contributed by atoms with Gasteiger partial charge < -0.3 is 4.84 Å². The van der Waals surface area contributed by atoms with Crippen LogP contribution in [0.4, 0.5) is 13.2 Å². The molecule has 2 aromatic rings. The highest BCUT2D eigenvalue weighted by Gasteiger charge is 2.42. The largest absolute Gasteiger partial charge is 0.411 e. The number of hydrogen-bond acceptors (Lipinski definition) is 3. The fraction of sp³-hybridized carbons (Fsp3) is 0.188. The molecule has 0 amide bonds. The number of hydrogen-bond donors (Lipinski definition) is 1. The minimum Gasteiger partial charge on any atom is -0.366 e. The predicted octanol–water partition coefficient (Wildman–Crippen LogP) is 4.07. The van der Waals surface area contributed by atoms with Gasteiger partial charge in [0.05, 0.1) is 0 Å². The maximum Gasteiger partial charge on any atom is 0.411 e. The van der Waals surface area contributed by atoms with Crippen molar-refractivity contribution in [3.05, 3.63) is 60.2 Å². The van der Waals surface area contributed by atoms with Gasteiger partial charge in [0.2, 0.25) is 0 Å². The summed E-state index contributed by atoms with van der Waals surface area (Å²) in [6.07, 6.45) is -4.61. The van der Waals surface area contributed by atoms with Gasteiger partial charge in [-0.25, -0.2) is 4.79 Å². The second-order valence-corrected chi connectivity index (χ2v) is 4.87. The number of carbonyl (C=O) groups is 1. The van der Waals surface area contributed by atoms with Crippen LogP contribution in [0.3, 0.4) is 0 Å². The van der Waals surface area contributed by atoms with Crippen molar-refractivity contribution in [2.75, 3.05) is 0 Å². The smallest absolute Gasteiger partial charge is 0.366 e. The molecule has 1 atom stereocenters. The molecule has 0 bridgehead atoms. The van der Waals surface area contributed by atoms with E-state index in [0.717, 1.165) is 5.39 Å². The van der Waals surface area contributed by atoms with Crippen LogP contribution in [-0.4, -0.2) is 12.1 Å². The first-order valence-electron chi connectivity index (χ1n) is 6.46. The zero-order chi connectivity index (χ0) is 16.3. The molecular formula is C16H14F3NO2. The number of halogens is 3. The molecule has 0 radical (unpaired) electrons. The topological polar surface area (TPSA) is 38.3 Å². The first-order chi connectivity index (χ1) is 10.3. The third kappa shape index (κ3) is 3.65. The van der Waals surface area contributed by atoms with E-state index < -0.39 is 18.2 Å². The quantitative estimate of drug-likeness (QED) is 0.683. The number of fused-ring (bicyclic) bond motifs is 1. The summed E-state index contributed by atoms with van der Waals surface area (Å²) >= 11 is 0. The Bertz CT molecular complexity index is 710. The molecule has 0 aromatic heterocycles. The van der Waals surface area contributed by atoms with Crippen molar-refractivity contribution in [3.8, 4) is 0 Å². The van der Waals surface area contributed by atoms with Gasteiger partial charge in [-0.3, -0.25) is 0 Å². The average molecular weight is 309 g/mol. The molecular weight excluding hydrogens is 295 g/mol. The van der Waals surface area contributed by atoms with E-state index >= 15 is 0 Å². The second-order valence-electron chi connectivity index (χ2n) is 4.87. The highest BCUT2D eigenvalue weighted by molar-refractivity contribution is 5.86. The molecule has 116 valence electrons. The zero-order valence-electron chi connectivity index (χ0n) is 11.8. The minimum atomic E-state index is -4.61. The molecule has 1 N–H and O–H groups in total. The van der Waals surface area contributed by atoms with Crippen molar-refractivity contribution in [1.82, 2.24) is 5.48 Å². The Morgan fingerprint density at radius 1 is 1.18 bits per heavy atom. The van der Waals surface area contributed by atoms with E-state index in [1.54, 1.807) is 35.8 Å². The molecule has 0 aliphatic heterocycles. The summed E-state index contributed by atoms with van der Waals surface area (Å²) in [4.78, 5) is 15.7. The third-order valence-electron chi connectivity index (χ3n) is 3.05. The molecule has 2 rings (SSSR count). The van der Waals surface area contributed by atoms with Crippen LogP contribution in [0.2, 0.25) is 0 Å². The molecule has 0 spiro atoms. The second kappa shape index (κ2) is 6.19. The van der Waals surface area contributed by atoms with Crippen LogP contribution in [0, 0.1) is 0 Å². The lowest BCUT2D eigenvalue weighted by Gasteiger charge is -2.21. The summed E-state index contributed by atoms with van der Waals surface area (Å²) < 4.78 is 39.5. The molecule has 0 aliphatic carbocycles. The molecule has 0 aliphatic rings. The summed E-state index contributed by atoms with van der Waals surface area (Å²) in [5.74, 6) is -0.935. The van der Waals surface area contributed by atoms with E-state index in [4.69, 9.17) is 0 Å². The number of rotatable bonds is 4. The van der Waals surface area contributed by atoms with Gasteiger partial charge in [-0.2, -0.15) is 13.2 Å². The zero-order valence-corrected chi connectivity index (χ0v) is 11.8. The lowest BCUT2D eigenvalue weighted by molar-refractivity contribution is -0.190. The molecule has 1 unspecified atom stereocenters. The highest BCUT2D eigenvalue weighted by atomic mass is 19.4. The van der Waals surface area contributed by atoms with E-state index in [1.165, 1.54) is 19.1 Å². The molecule has 3 nitrogen and oxygen atoms in total. The Kier molecular flexibility index (Phi) is 4.51. The van der Waals surface area contributed by atoms with E-state index in [9.17, 15) is 18.0 Å². The van der Waals surface area contributed by atoms with Gasteiger partial charge in [0, 0.05) is 5.57 Å². The van der Waals surface area contributed by atoms with Gasteiger partial charge in [0.25, 0.3) is 0 Å². The van der Waals surface area contributed by atoms with Gasteiger partial charge in [0.15, 0.2) is 6.04 Å². The molecule has 2 aromatic carbocycles. The maximum absolute atomic E-state index is 13.2. The van der Waals surface area contributed by atoms with Crippen LogP contribution in [0.25, 0.3) is 10.8 Å². The number of nitrogens with one attached hydrogen (secondary N) is 1. The minimum absolute atomic E-state index is 0.00642. The first-order valence-corrected chi connectivity index (χ1v) is 6.46. The number of benzene rings is 2. The SMILES string of the molecule is C=C(C)C(=O)ONC(c1ccc2ccccc2c1)C(F)(F)F. The lowest BCUT2D eigenvalue weighted by Crippen LogP contribution is -2.35. The first kappa shape index (κ1) is 16.0. The summed E-state index contributed by atoms with van der Waals surface area (Å²) in [7, 11) is 0. The Morgan fingerprint density at radius 3 is 2.41 bits per heavy atom. The van der Waals surface area contributed by atoms with Gasteiger partial charge in [-0.05, 0) is 29.3 Å². The highest BCUT2D eigenvalue weighted by Crippen LogP contribution is 2.34. The summed E-state index contributed by atoms with van der Waals surface area (Å²) in [5.41, 5.74) is 1.75. The van der Waals surface area contributed by atoms with Crippen LogP contribution in [0.1, 0.15) is 18.5 Å². The van der Waals surface area contributed by atoms with Crippen LogP contribution in [0.5, 0.6) is 0 Å². The standard InChI is InChI=1S/C16H14F3NO2/c1-10(2)15(21)22-20-14(16(17,18)19)13-8-7-11-5-3-4-6-12(11)9-13/h3-9,14,20H,1H2,2H3. The summed E-state index contributed by atoms with van der Waals surface area (Å²) in [5, 5.41) is 1.49. The van der Waals surface area contributed by atoms with Gasteiger partial charge >= 0.3 is 12.1 Å². The number of carbonyl (C=O) groups excluding carboxylic acids is 1. The van der Waals surface area contributed by atoms with Crippen molar-refractivity contribution < 1.29 is 22.8 Å². The van der Waals surface area contributed by atoms with Gasteiger partial charge in [-0.1, -0.05) is 43.0 Å². The molecule has 0 fully saturated rings. The molecule has 22 heavy (non-hydrogen) atoms. The fourth-order valence-electron chi connectivity index (χ4n) is 1.91. The van der Waals surface area contributed by atoms with E-state index in [0.29, 0.717) is 5.39 Å².